The number of hydrogen-bond acceptors (Lipinski definition) is 4. The fourth-order valence-corrected chi connectivity index (χ4v) is 3.03. The molecule has 6 heteroatoms. The zero-order chi connectivity index (χ0) is 15.7. The molecule has 118 valence electrons. The Kier molecular flexibility index (Phi) is 4.02. The fraction of sp³-hybridized carbons (Fsp3) is 0.500. The van der Waals surface area contributed by atoms with E-state index in [0.29, 0.717) is 17.1 Å². The molecule has 2 heterocycles. The van der Waals surface area contributed by atoms with Gasteiger partial charge < -0.3 is 14.2 Å². The van der Waals surface area contributed by atoms with Gasteiger partial charge in [0, 0.05) is 19.1 Å². The molecule has 1 aromatic heterocycles. The maximum atomic E-state index is 12.4. The van der Waals surface area contributed by atoms with Crippen molar-refractivity contribution in [2.45, 2.75) is 25.4 Å². The van der Waals surface area contributed by atoms with Gasteiger partial charge in [-0.05, 0) is 39.1 Å². The van der Waals surface area contributed by atoms with Crippen molar-refractivity contribution in [3.05, 3.63) is 34.8 Å². The summed E-state index contributed by atoms with van der Waals surface area (Å²) in [7, 11) is 4.14. The summed E-state index contributed by atoms with van der Waals surface area (Å²) < 4.78 is 6.58. The van der Waals surface area contributed by atoms with E-state index in [9.17, 15) is 9.59 Å². The van der Waals surface area contributed by atoms with E-state index < -0.39 is 5.76 Å². The van der Waals surface area contributed by atoms with Crippen LogP contribution in [0.25, 0.3) is 11.1 Å². The third-order valence-corrected chi connectivity index (χ3v) is 4.41. The van der Waals surface area contributed by atoms with E-state index in [1.165, 1.54) is 4.57 Å². The molecule has 22 heavy (non-hydrogen) atoms. The number of carbonyl (C=O) groups excluding carboxylic acids is 1. The molecule has 1 fully saturated rings. The summed E-state index contributed by atoms with van der Waals surface area (Å²) in [4.78, 5) is 28.4. The van der Waals surface area contributed by atoms with Crippen LogP contribution in [-0.4, -0.2) is 53.5 Å². The van der Waals surface area contributed by atoms with Crippen molar-refractivity contribution >= 4 is 17.0 Å². The van der Waals surface area contributed by atoms with Gasteiger partial charge in [-0.25, -0.2) is 4.79 Å². The van der Waals surface area contributed by atoms with Crippen LogP contribution in [0.3, 0.4) is 0 Å². The summed E-state index contributed by atoms with van der Waals surface area (Å²) in [6, 6.07) is 7.71. The molecule has 0 saturated carbocycles. The van der Waals surface area contributed by atoms with Crippen molar-refractivity contribution in [2.24, 2.45) is 0 Å². The van der Waals surface area contributed by atoms with Gasteiger partial charge in [0.2, 0.25) is 5.91 Å². The zero-order valence-electron chi connectivity index (χ0n) is 13.0. The molecule has 1 aromatic carbocycles. The van der Waals surface area contributed by atoms with Crippen molar-refractivity contribution in [2.75, 3.05) is 27.2 Å². The van der Waals surface area contributed by atoms with Gasteiger partial charge in [0.1, 0.15) is 6.54 Å². The second-order valence-electron chi connectivity index (χ2n) is 6.00. The predicted molar refractivity (Wildman–Crippen MR) is 83.8 cm³/mol. The van der Waals surface area contributed by atoms with Crippen molar-refractivity contribution in [3.8, 4) is 0 Å². The van der Waals surface area contributed by atoms with Crippen LogP contribution in [-0.2, 0) is 11.3 Å². The van der Waals surface area contributed by atoms with Crippen molar-refractivity contribution < 1.29 is 9.21 Å². The molecular formula is C16H21N3O3. The number of nitrogens with zero attached hydrogens (tertiary/aromatic N) is 3. The third kappa shape index (κ3) is 2.78. The number of aromatic nitrogens is 1. The summed E-state index contributed by atoms with van der Waals surface area (Å²) >= 11 is 0. The topological polar surface area (TPSA) is 58.7 Å². The van der Waals surface area contributed by atoms with Crippen molar-refractivity contribution in [1.29, 1.82) is 0 Å². The minimum Gasteiger partial charge on any atom is -0.408 e. The highest BCUT2D eigenvalue weighted by molar-refractivity contribution is 5.79. The monoisotopic (exact) mass is 303 g/mol. The number of amides is 1. The van der Waals surface area contributed by atoms with E-state index >= 15 is 0 Å². The number of rotatable bonds is 3. The van der Waals surface area contributed by atoms with E-state index in [1.807, 2.05) is 17.0 Å². The molecule has 1 saturated heterocycles. The number of hydrogen-bond donors (Lipinski definition) is 0. The maximum absolute atomic E-state index is 12.4. The Morgan fingerprint density at radius 3 is 2.64 bits per heavy atom. The summed E-state index contributed by atoms with van der Waals surface area (Å²) in [6.07, 6.45) is 1.94. The van der Waals surface area contributed by atoms with E-state index in [-0.39, 0.29) is 12.5 Å². The zero-order valence-corrected chi connectivity index (χ0v) is 13.0. The van der Waals surface area contributed by atoms with Crippen LogP contribution in [0.1, 0.15) is 12.8 Å². The lowest BCUT2D eigenvalue weighted by Crippen LogP contribution is -2.45. The number of piperidine rings is 1. The minimum absolute atomic E-state index is 0.0224. The first-order chi connectivity index (χ1) is 10.6. The number of carbonyl (C=O) groups is 1. The Balaban J connectivity index is 1.72. The molecule has 0 bridgehead atoms. The van der Waals surface area contributed by atoms with Gasteiger partial charge >= 0.3 is 5.76 Å². The molecule has 0 N–H and O–H groups in total. The van der Waals surface area contributed by atoms with Gasteiger partial charge in [-0.15, -0.1) is 0 Å². The normalized spacial score (nSPS) is 16.6. The maximum Gasteiger partial charge on any atom is 0.420 e. The second kappa shape index (κ2) is 5.96. The Morgan fingerprint density at radius 2 is 1.95 bits per heavy atom. The molecular weight excluding hydrogens is 282 g/mol. The van der Waals surface area contributed by atoms with Crippen LogP contribution in [0.5, 0.6) is 0 Å². The predicted octanol–water partition coefficient (Wildman–Crippen LogP) is 1.15. The molecule has 2 aromatic rings. The Morgan fingerprint density at radius 1 is 1.27 bits per heavy atom. The van der Waals surface area contributed by atoms with Crippen molar-refractivity contribution in [1.82, 2.24) is 14.4 Å². The standard InChI is InChI=1S/C16H21N3O3/c1-17(2)12-7-9-18(10-8-12)15(20)11-19-13-5-3-4-6-14(13)22-16(19)21/h3-6,12H,7-11H2,1-2H3. The number of fused-ring (bicyclic) bond motifs is 1. The SMILES string of the molecule is CN(C)C1CCN(C(=O)Cn2c(=O)oc3ccccc32)CC1. The lowest BCUT2D eigenvalue weighted by atomic mass is 10.0. The first kappa shape index (κ1) is 14.8. The highest BCUT2D eigenvalue weighted by Gasteiger charge is 2.24. The third-order valence-electron chi connectivity index (χ3n) is 4.41. The fourth-order valence-electron chi connectivity index (χ4n) is 3.03. The quantitative estimate of drug-likeness (QED) is 0.853. The van der Waals surface area contributed by atoms with Gasteiger partial charge in [0.15, 0.2) is 5.58 Å². The molecule has 1 amide bonds. The molecule has 0 unspecified atom stereocenters. The Bertz CT molecular complexity index is 724. The van der Waals surface area contributed by atoms with Gasteiger partial charge in [0.05, 0.1) is 5.52 Å². The molecule has 0 radical (unpaired) electrons. The van der Waals surface area contributed by atoms with E-state index in [1.54, 1.807) is 12.1 Å². The van der Waals surface area contributed by atoms with Gasteiger partial charge in [-0.3, -0.25) is 9.36 Å². The van der Waals surface area contributed by atoms with Crippen molar-refractivity contribution in [3.63, 3.8) is 0 Å². The molecule has 3 rings (SSSR count). The van der Waals surface area contributed by atoms with Gasteiger partial charge in [-0.2, -0.15) is 0 Å². The summed E-state index contributed by atoms with van der Waals surface area (Å²) in [5.74, 6) is -0.497. The highest BCUT2D eigenvalue weighted by Crippen LogP contribution is 2.16. The van der Waals surface area contributed by atoms with Gasteiger partial charge in [0.25, 0.3) is 0 Å². The van der Waals surface area contributed by atoms with Crippen LogP contribution in [0.4, 0.5) is 0 Å². The lowest BCUT2D eigenvalue weighted by Gasteiger charge is -2.35. The van der Waals surface area contributed by atoms with Crippen LogP contribution >= 0.6 is 0 Å². The second-order valence-corrected chi connectivity index (χ2v) is 6.00. The Hall–Kier alpha value is -2.08. The molecule has 0 spiro atoms. The number of benzene rings is 1. The average molecular weight is 303 g/mol. The molecule has 0 aliphatic carbocycles. The average Bonchev–Trinajstić information content (AvgIpc) is 2.83. The van der Waals surface area contributed by atoms with E-state index in [4.69, 9.17) is 4.42 Å². The summed E-state index contributed by atoms with van der Waals surface area (Å²) in [5, 5.41) is 0. The number of oxazole rings is 1. The highest BCUT2D eigenvalue weighted by atomic mass is 16.4. The number of para-hydroxylation sites is 2. The van der Waals surface area contributed by atoms with Gasteiger partial charge in [-0.1, -0.05) is 12.1 Å². The first-order valence-corrected chi connectivity index (χ1v) is 7.59. The summed E-state index contributed by atoms with van der Waals surface area (Å²) in [6.45, 7) is 1.53. The van der Waals surface area contributed by atoms with Crippen LogP contribution in [0.15, 0.2) is 33.5 Å². The first-order valence-electron chi connectivity index (χ1n) is 7.59. The lowest BCUT2D eigenvalue weighted by molar-refractivity contribution is -0.133. The van der Waals surface area contributed by atoms with E-state index in [2.05, 4.69) is 19.0 Å². The van der Waals surface area contributed by atoms with E-state index in [0.717, 1.165) is 25.9 Å². The molecule has 6 nitrogen and oxygen atoms in total. The Labute approximate surface area is 128 Å². The van der Waals surface area contributed by atoms with Crippen LogP contribution in [0, 0.1) is 0 Å². The molecule has 1 aliphatic heterocycles. The summed E-state index contributed by atoms with van der Waals surface area (Å²) in [5.41, 5.74) is 1.19. The number of likely N-dealkylation sites (tertiary alicyclic amines) is 1. The van der Waals surface area contributed by atoms with Crippen LogP contribution in [0.2, 0.25) is 0 Å². The molecule has 0 atom stereocenters. The van der Waals surface area contributed by atoms with Crippen LogP contribution < -0.4 is 5.76 Å². The minimum atomic E-state index is -0.474. The molecule has 1 aliphatic rings. The smallest absolute Gasteiger partial charge is 0.408 e. The largest absolute Gasteiger partial charge is 0.420 e.